The zero-order valence-electron chi connectivity index (χ0n) is 11.9. The van der Waals surface area contributed by atoms with Gasteiger partial charge in [0.2, 0.25) is 0 Å². The molecule has 0 atom stereocenters. The van der Waals surface area contributed by atoms with Gasteiger partial charge in [-0.2, -0.15) is 0 Å². The summed E-state index contributed by atoms with van der Waals surface area (Å²) in [5, 5.41) is 4.76. The fourth-order valence-corrected chi connectivity index (χ4v) is 3.10. The molecule has 0 spiro atoms. The van der Waals surface area contributed by atoms with E-state index < -0.39 is 0 Å². The quantitative estimate of drug-likeness (QED) is 0.682. The number of nitrogens with one attached hydrogen (secondary N) is 1. The van der Waals surface area contributed by atoms with E-state index in [2.05, 4.69) is 27.3 Å². The van der Waals surface area contributed by atoms with Crippen LogP contribution in [0.25, 0.3) is 0 Å². The zero-order valence-corrected chi connectivity index (χ0v) is 15.0. The molecule has 2 aromatic carbocycles. The molecule has 0 saturated heterocycles. The second kappa shape index (κ2) is 7.22. The maximum atomic E-state index is 6.19. The van der Waals surface area contributed by atoms with Crippen LogP contribution in [0.4, 0.5) is 0 Å². The van der Waals surface area contributed by atoms with Crippen molar-refractivity contribution in [3.8, 4) is 5.75 Å². The first kappa shape index (κ1) is 16.1. The third-order valence-corrected chi connectivity index (χ3v) is 4.82. The highest BCUT2D eigenvalue weighted by Gasteiger charge is 2.20. The number of hydrogen-bond acceptors (Lipinski definition) is 2. The maximum absolute atomic E-state index is 6.19. The summed E-state index contributed by atoms with van der Waals surface area (Å²) in [5.41, 5.74) is 1.94. The molecule has 0 heterocycles. The Labute approximate surface area is 148 Å². The lowest BCUT2D eigenvalue weighted by molar-refractivity contribution is 0.302. The molecule has 0 aliphatic heterocycles. The Balaban J connectivity index is 1.73. The monoisotopic (exact) mass is 399 g/mol. The van der Waals surface area contributed by atoms with Crippen molar-refractivity contribution < 1.29 is 4.74 Å². The van der Waals surface area contributed by atoms with Crippen LogP contribution in [0.5, 0.6) is 5.75 Å². The maximum Gasteiger partial charge on any atom is 0.124 e. The Hall–Kier alpha value is -0.740. The lowest BCUT2D eigenvalue weighted by Crippen LogP contribution is -2.16. The third kappa shape index (κ3) is 4.17. The Morgan fingerprint density at radius 2 is 1.86 bits per heavy atom. The van der Waals surface area contributed by atoms with Crippen LogP contribution in [-0.4, -0.2) is 6.04 Å². The number of rotatable bonds is 6. The van der Waals surface area contributed by atoms with Crippen molar-refractivity contribution in [1.82, 2.24) is 5.32 Å². The highest BCUT2D eigenvalue weighted by atomic mass is 79.9. The second-order valence-electron chi connectivity index (χ2n) is 5.40. The summed E-state index contributed by atoms with van der Waals surface area (Å²) in [6.45, 7) is 1.16. The van der Waals surface area contributed by atoms with Crippen LogP contribution in [0.3, 0.4) is 0 Å². The van der Waals surface area contributed by atoms with E-state index in [0.717, 1.165) is 27.9 Å². The van der Waals surface area contributed by atoms with Crippen LogP contribution in [0.15, 0.2) is 40.9 Å². The molecule has 22 heavy (non-hydrogen) atoms. The van der Waals surface area contributed by atoms with Gasteiger partial charge in [0.05, 0.1) is 0 Å². The fourth-order valence-electron chi connectivity index (χ4n) is 2.19. The largest absolute Gasteiger partial charge is 0.488 e. The highest BCUT2D eigenvalue weighted by molar-refractivity contribution is 9.10. The van der Waals surface area contributed by atoms with Crippen LogP contribution in [0.1, 0.15) is 24.0 Å². The summed E-state index contributed by atoms with van der Waals surface area (Å²) in [4.78, 5) is 0. The molecule has 0 amide bonds. The number of benzene rings is 2. The molecule has 1 fully saturated rings. The Morgan fingerprint density at radius 1 is 1.14 bits per heavy atom. The predicted octanol–water partition coefficient (Wildman–Crippen LogP) is 5.59. The van der Waals surface area contributed by atoms with Crippen molar-refractivity contribution in [1.29, 1.82) is 0 Å². The van der Waals surface area contributed by atoms with Crippen LogP contribution in [0, 0.1) is 0 Å². The number of hydrogen-bond donors (Lipinski definition) is 1. The molecule has 2 nitrogen and oxygen atoms in total. The van der Waals surface area contributed by atoms with Gasteiger partial charge in [0, 0.05) is 38.2 Å². The minimum atomic E-state index is 0.358. The summed E-state index contributed by atoms with van der Waals surface area (Å²) < 4.78 is 7.01. The molecule has 1 aliphatic carbocycles. The Kier molecular flexibility index (Phi) is 5.29. The molecule has 3 rings (SSSR count). The Morgan fingerprint density at radius 3 is 2.55 bits per heavy atom. The molecule has 1 aliphatic rings. The predicted molar refractivity (Wildman–Crippen MR) is 94.8 cm³/mol. The summed E-state index contributed by atoms with van der Waals surface area (Å²) >= 11 is 15.9. The molecule has 2 aromatic rings. The lowest BCUT2D eigenvalue weighted by atomic mass is 10.2. The molecule has 1 N–H and O–H groups in total. The highest BCUT2D eigenvalue weighted by Crippen LogP contribution is 2.29. The molecule has 0 radical (unpaired) electrons. The molecule has 1 saturated carbocycles. The van der Waals surface area contributed by atoms with Gasteiger partial charge in [-0.15, -0.1) is 0 Å². The average molecular weight is 401 g/mol. The minimum Gasteiger partial charge on any atom is -0.488 e. The summed E-state index contributed by atoms with van der Waals surface area (Å²) in [6.07, 6.45) is 2.53. The zero-order chi connectivity index (χ0) is 15.5. The first-order valence-electron chi connectivity index (χ1n) is 7.21. The standard InChI is InChI=1S/C17H16BrCl2NO/c18-12-4-7-17(11(8-12)9-21-13-5-6-13)22-10-14-15(19)2-1-3-16(14)20/h1-4,7-8,13,21H,5-6,9-10H2. The van der Waals surface area contributed by atoms with Gasteiger partial charge in [-0.3, -0.25) is 0 Å². The summed E-state index contributed by atoms with van der Waals surface area (Å²) in [6, 6.07) is 12.2. The van der Waals surface area contributed by atoms with Gasteiger partial charge in [-0.05, 0) is 43.2 Å². The van der Waals surface area contributed by atoms with Crippen molar-refractivity contribution in [2.45, 2.75) is 32.0 Å². The van der Waals surface area contributed by atoms with E-state index in [9.17, 15) is 0 Å². The average Bonchev–Trinajstić information content (AvgIpc) is 3.30. The van der Waals surface area contributed by atoms with Crippen LogP contribution < -0.4 is 10.1 Å². The van der Waals surface area contributed by atoms with Gasteiger partial charge < -0.3 is 10.1 Å². The SMILES string of the molecule is Clc1cccc(Cl)c1COc1ccc(Br)cc1CNC1CC1. The first-order valence-corrected chi connectivity index (χ1v) is 8.76. The van der Waals surface area contributed by atoms with E-state index in [0.29, 0.717) is 22.7 Å². The molecule has 5 heteroatoms. The van der Waals surface area contributed by atoms with E-state index in [-0.39, 0.29) is 0 Å². The topological polar surface area (TPSA) is 21.3 Å². The molecule has 0 bridgehead atoms. The van der Waals surface area contributed by atoms with Gasteiger partial charge in [0.1, 0.15) is 12.4 Å². The lowest BCUT2D eigenvalue weighted by Gasteiger charge is -2.14. The van der Waals surface area contributed by atoms with Crippen LogP contribution in [-0.2, 0) is 13.2 Å². The third-order valence-electron chi connectivity index (χ3n) is 3.61. The van der Waals surface area contributed by atoms with Crippen molar-refractivity contribution in [3.63, 3.8) is 0 Å². The van der Waals surface area contributed by atoms with E-state index in [1.165, 1.54) is 12.8 Å². The van der Waals surface area contributed by atoms with E-state index in [1.807, 2.05) is 30.3 Å². The van der Waals surface area contributed by atoms with Gasteiger partial charge in [0.15, 0.2) is 0 Å². The summed E-state index contributed by atoms with van der Waals surface area (Å²) in [5.74, 6) is 0.854. The molecular weight excluding hydrogens is 385 g/mol. The first-order chi connectivity index (χ1) is 10.6. The molecular formula is C17H16BrCl2NO. The van der Waals surface area contributed by atoms with Crippen molar-refractivity contribution in [2.75, 3.05) is 0 Å². The van der Waals surface area contributed by atoms with Gasteiger partial charge in [-0.1, -0.05) is 45.2 Å². The van der Waals surface area contributed by atoms with Crippen molar-refractivity contribution in [3.05, 3.63) is 62.0 Å². The van der Waals surface area contributed by atoms with Crippen LogP contribution in [0.2, 0.25) is 10.0 Å². The molecule has 0 aromatic heterocycles. The minimum absolute atomic E-state index is 0.358. The fraction of sp³-hybridized carbons (Fsp3) is 0.294. The molecule has 116 valence electrons. The van der Waals surface area contributed by atoms with E-state index >= 15 is 0 Å². The van der Waals surface area contributed by atoms with Crippen LogP contribution >= 0.6 is 39.1 Å². The normalized spacial score (nSPS) is 14.1. The van der Waals surface area contributed by atoms with E-state index in [1.54, 1.807) is 0 Å². The second-order valence-corrected chi connectivity index (χ2v) is 7.13. The van der Waals surface area contributed by atoms with Gasteiger partial charge >= 0.3 is 0 Å². The summed E-state index contributed by atoms with van der Waals surface area (Å²) in [7, 11) is 0. The van der Waals surface area contributed by atoms with E-state index in [4.69, 9.17) is 27.9 Å². The van der Waals surface area contributed by atoms with Gasteiger partial charge in [0.25, 0.3) is 0 Å². The van der Waals surface area contributed by atoms with Crippen molar-refractivity contribution in [2.24, 2.45) is 0 Å². The Bertz CT molecular complexity index is 653. The smallest absolute Gasteiger partial charge is 0.124 e. The molecule has 0 unspecified atom stereocenters. The van der Waals surface area contributed by atoms with Crippen molar-refractivity contribution >= 4 is 39.1 Å². The number of halogens is 3. The number of ether oxygens (including phenoxy) is 1. The van der Waals surface area contributed by atoms with Gasteiger partial charge in [-0.25, -0.2) is 0 Å².